The minimum absolute atomic E-state index is 0.0184. The Labute approximate surface area is 352 Å². The van der Waals surface area contributed by atoms with Gasteiger partial charge in [-0.1, -0.05) is 114 Å². The molecular formula is C44H74NO13P. The number of fused-ring (bicyclic) bond motifs is 2. The number of hydrogen-bond donors (Lipinski definition) is 4. The van der Waals surface area contributed by atoms with E-state index in [4.69, 9.17) is 34.6 Å². The van der Waals surface area contributed by atoms with Crippen LogP contribution in [0, 0.1) is 11.8 Å². The van der Waals surface area contributed by atoms with Crippen LogP contribution in [0.5, 0.6) is 0 Å². The van der Waals surface area contributed by atoms with Crippen molar-refractivity contribution in [1.82, 2.24) is 0 Å². The molecule has 14 nitrogen and oxygen atoms in total. The van der Waals surface area contributed by atoms with Gasteiger partial charge in [0.1, 0.15) is 18.8 Å². The number of allylic oxidation sites excluding steroid dienone is 5. The van der Waals surface area contributed by atoms with E-state index in [2.05, 4.69) is 29.7 Å². The van der Waals surface area contributed by atoms with Gasteiger partial charge in [0.25, 0.3) is 0 Å². The third-order valence-corrected chi connectivity index (χ3v) is 11.3. The molecule has 338 valence electrons. The van der Waals surface area contributed by atoms with E-state index in [0.717, 1.165) is 57.8 Å². The second kappa shape index (κ2) is 32.1. The number of phosphoric ester groups is 1. The molecule has 0 radical (unpaired) electrons. The van der Waals surface area contributed by atoms with Crippen LogP contribution in [0.2, 0.25) is 0 Å². The molecule has 2 rings (SSSR count). The van der Waals surface area contributed by atoms with E-state index >= 15 is 0 Å². The number of esters is 2. The summed E-state index contributed by atoms with van der Waals surface area (Å²) in [6.45, 7) is 2.45. The maximum Gasteiger partial charge on any atom is 0.472 e. The molecular weight excluding hydrogens is 781 g/mol. The maximum atomic E-state index is 12.8. The van der Waals surface area contributed by atoms with Crippen LogP contribution in [0.3, 0.4) is 0 Å². The SMILES string of the molecule is CC/C=C\CC(O)/C=C/C1C2CC(OO2)C1C/C=C\CCCC(=O)OC(COC(=O)CCCCCCC/C=C\CCCCCCCC)COP(=O)(O)OCC(N)C(=O)O. The van der Waals surface area contributed by atoms with E-state index in [0.29, 0.717) is 25.7 Å². The smallest absolute Gasteiger partial charge is 0.472 e. The molecule has 0 aromatic rings. The minimum atomic E-state index is -4.77. The Kier molecular flexibility index (Phi) is 28.5. The molecule has 0 aromatic heterocycles. The lowest BCUT2D eigenvalue weighted by molar-refractivity contribution is -0.336. The van der Waals surface area contributed by atoms with Gasteiger partial charge >= 0.3 is 25.7 Å². The summed E-state index contributed by atoms with van der Waals surface area (Å²) in [4.78, 5) is 57.2. The number of nitrogens with two attached hydrogens (primary N) is 1. The molecule has 1 saturated carbocycles. The summed E-state index contributed by atoms with van der Waals surface area (Å²) < 4.78 is 32.8. The summed E-state index contributed by atoms with van der Waals surface area (Å²) in [5.74, 6) is -2.20. The number of aliphatic hydroxyl groups excluding tert-OH is 1. The molecule has 15 heteroatoms. The molecule has 2 aliphatic rings. The molecule has 1 heterocycles. The summed E-state index contributed by atoms with van der Waals surface area (Å²) in [6.07, 6.45) is 33.7. The number of carboxylic acids is 1. The van der Waals surface area contributed by atoms with Crippen molar-refractivity contribution in [3.05, 3.63) is 48.6 Å². The second-order valence-electron chi connectivity index (χ2n) is 15.5. The van der Waals surface area contributed by atoms with Crippen molar-refractivity contribution in [3.63, 3.8) is 0 Å². The topological polar surface area (TPSA) is 210 Å². The van der Waals surface area contributed by atoms with Crippen molar-refractivity contribution in [2.75, 3.05) is 19.8 Å². The van der Waals surface area contributed by atoms with Crippen LogP contribution in [0.15, 0.2) is 48.6 Å². The van der Waals surface area contributed by atoms with Crippen LogP contribution in [0.1, 0.15) is 149 Å². The molecule has 0 spiro atoms. The molecule has 5 N–H and O–H groups in total. The Morgan fingerprint density at radius 1 is 0.763 bits per heavy atom. The van der Waals surface area contributed by atoms with Gasteiger partial charge in [-0.25, -0.2) is 14.3 Å². The highest BCUT2D eigenvalue weighted by atomic mass is 31.2. The second-order valence-corrected chi connectivity index (χ2v) is 17.0. The first kappa shape index (κ1) is 52.5. The third-order valence-electron chi connectivity index (χ3n) is 10.4. The Hall–Kier alpha value is -2.68. The van der Waals surface area contributed by atoms with Crippen molar-refractivity contribution in [1.29, 1.82) is 0 Å². The van der Waals surface area contributed by atoms with Crippen LogP contribution < -0.4 is 5.73 Å². The van der Waals surface area contributed by atoms with E-state index in [1.54, 1.807) is 0 Å². The zero-order chi connectivity index (χ0) is 43.1. The Morgan fingerprint density at radius 3 is 2.07 bits per heavy atom. The number of ether oxygens (including phenoxy) is 2. The summed E-state index contributed by atoms with van der Waals surface area (Å²) >= 11 is 0. The Balaban J connectivity index is 1.74. The lowest BCUT2D eigenvalue weighted by Crippen LogP contribution is -2.34. The van der Waals surface area contributed by atoms with Crippen LogP contribution in [-0.2, 0) is 47.2 Å². The molecule has 59 heavy (non-hydrogen) atoms. The van der Waals surface area contributed by atoms with Crippen molar-refractivity contribution < 1.29 is 62.4 Å². The van der Waals surface area contributed by atoms with Crippen molar-refractivity contribution in [2.45, 2.75) is 179 Å². The van der Waals surface area contributed by atoms with Gasteiger partial charge in [0.2, 0.25) is 0 Å². The largest absolute Gasteiger partial charge is 0.480 e. The number of aliphatic hydroxyl groups is 1. The van der Waals surface area contributed by atoms with Crippen LogP contribution in [0.25, 0.3) is 0 Å². The average molecular weight is 856 g/mol. The predicted molar refractivity (Wildman–Crippen MR) is 226 cm³/mol. The van der Waals surface area contributed by atoms with Crippen LogP contribution in [-0.4, -0.2) is 83.3 Å². The van der Waals surface area contributed by atoms with Gasteiger partial charge in [0, 0.05) is 31.1 Å². The number of carbonyl (C=O) groups is 3. The number of carbonyl (C=O) groups excluding carboxylic acids is 2. The molecule has 1 saturated heterocycles. The van der Waals surface area contributed by atoms with Gasteiger partial charge in [0.15, 0.2) is 6.10 Å². The van der Waals surface area contributed by atoms with Crippen molar-refractivity contribution in [2.24, 2.45) is 17.6 Å². The molecule has 1 aliphatic heterocycles. The molecule has 1 aliphatic carbocycles. The maximum absolute atomic E-state index is 12.8. The fourth-order valence-electron chi connectivity index (χ4n) is 6.91. The highest BCUT2D eigenvalue weighted by molar-refractivity contribution is 7.47. The van der Waals surface area contributed by atoms with Gasteiger partial charge in [-0.2, -0.15) is 0 Å². The number of aliphatic carboxylic acids is 1. The zero-order valence-electron chi connectivity index (χ0n) is 35.6. The van der Waals surface area contributed by atoms with Gasteiger partial charge in [-0.3, -0.25) is 23.4 Å². The summed E-state index contributed by atoms with van der Waals surface area (Å²) in [7, 11) is -4.77. The van der Waals surface area contributed by atoms with Gasteiger partial charge < -0.3 is 30.3 Å². The van der Waals surface area contributed by atoms with E-state index in [-0.39, 0.29) is 36.9 Å². The highest BCUT2D eigenvalue weighted by Crippen LogP contribution is 2.45. The van der Waals surface area contributed by atoms with Crippen LogP contribution in [0.4, 0.5) is 0 Å². The monoisotopic (exact) mass is 855 g/mol. The molecule has 8 atom stereocenters. The van der Waals surface area contributed by atoms with E-state index in [1.807, 2.05) is 37.3 Å². The summed E-state index contributed by atoms with van der Waals surface area (Å²) in [5, 5.41) is 19.2. The molecule has 8 unspecified atom stereocenters. The Morgan fingerprint density at radius 2 is 1.37 bits per heavy atom. The lowest BCUT2D eigenvalue weighted by atomic mass is 9.89. The minimum Gasteiger partial charge on any atom is -0.480 e. The number of unbranched alkanes of at least 4 members (excludes halogenated alkanes) is 12. The van der Waals surface area contributed by atoms with E-state index < -0.39 is 63.8 Å². The first-order valence-corrected chi connectivity index (χ1v) is 23.5. The molecule has 0 aromatic carbocycles. The predicted octanol–water partition coefficient (Wildman–Crippen LogP) is 8.75. The summed E-state index contributed by atoms with van der Waals surface area (Å²) in [6, 6.07) is -1.55. The number of carboxylic acid groups (broad SMARTS) is 1. The van der Waals surface area contributed by atoms with Gasteiger partial charge in [0.05, 0.1) is 25.4 Å². The third kappa shape index (κ3) is 25.0. The quantitative estimate of drug-likeness (QED) is 0.0153. The van der Waals surface area contributed by atoms with E-state index in [1.165, 1.54) is 38.5 Å². The number of phosphoric acid groups is 1. The first-order chi connectivity index (χ1) is 28.5. The number of hydrogen-bond acceptors (Lipinski definition) is 12. The van der Waals surface area contributed by atoms with Gasteiger partial charge in [-0.05, 0) is 64.2 Å². The fourth-order valence-corrected chi connectivity index (χ4v) is 7.69. The van der Waals surface area contributed by atoms with Crippen molar-refractivity contribution in [3.8, 4) is 0 Å². The fraction of sp³-hybridized carbons (Fsp3) is 0.750. The van der Waals surface area contributed by atoms with Gasteiger partial charge in [-0.15, -0.1) is 0 Å². The number of rotatable bonds is 36. The normalized spacial score (nSPS) is 21.8. The van der Waals surface area contributed by atoms with E-state index in [9.17, 15) is 28.9 Å². The van der Waals surface area contributed by atoms with Crippen LogP contribution >= 0.6 is 7.82 Å². The highest BCUT2D eigenvalue weighted by Gasteiger charge is 2.49. The Bertz CT molecular complexity index is 1340. The zero-order valence-corrected chi connectivity index (χ0v) is 36.5. The molecule has 2 fully saturated rings. The molecule has 0 amide bonds. The summed E-state index contributed by atoms with van der Waals surface area (Å²) in [5.41, 5.74) is 5.34. The van der Waals surface area contributed by atoms with Crippen molar-refractivity contribution >= 4 is 25.7 Å². The average Bonchev–Trinajstić information content (AvgIpc) is 3.82. The first-order valence-electron chi connectivity index (χ1n) is 22.0. The molecule has 2 bridgehead atoms. The lowest BCUT2D eigenvalue weighted by Gasteiger charge is -2.27. The standard InChI is InChI=1S/C44H74NO13P/c1-3-5-7-8-9-10-11-12-13-14-15-16-17-18-23-27-42(47)53-32-36(33-54-59(51,52)55-34-39(45)44(49)50)56-43(48)28-24-20-19-22-26-37-38(41-31-40(37)57-58-41)30-29-35(46)25-21-6-4-2/h6,12-13,19,21-22,29-30,35-41,46H,3-5,7-11,14-18,20,23-28,31-34,45H2,1-2H3,(H,49,50)(H,51,52)/b13-12-,21-6-,22-19-,30-29+.